The number of methoxy groups -OCH3 is 2. The van der Waals surface area contributed by atoms with E-state index in [1.54, 1.807) is 26.4 Å². The molecule has 4 rings (SSSR count). The van der Waals surface area contributed by atoms with E-state index in [9.17, 15) is 13.2 Å². The maximum absolute atomic E-state index is 13.4. The van der Waals surface area contributed by atoms with E-state index in [2.05, 4.69) is 0 Å². The van der Waals surface area contributed by atoms with Crippen molar-refractivity contribution in [3.05, 3.63) is 53.1 Å². The maximum Gasteiger partial charge on any atom is 0.243 e. The van der Waals surface area contributed by atoms with Gasteiger partial charge in [0.1, 0.15) is 11.5 Å². The third-order valence-corrected chi connectivity index (χ3v) is 8.75. The molecule has 2 fully saturated rings. The Labute approximate surface area is 200 Å². The molecule has 2 aliphatic heterocycles. The predicted octanol–water partition coefficient (Wildman–Crippen LogP) is 4.12. The van der Waals surface area contributed by atoms with E-state index in [1.165, 1.54) is 16.4 Å². The number of halogens is 1. The van der Waals surface area contributed by atoms with Crippen LogP contribution < -0.4 is 9.47 Å². The highest BCUT2D eigenvalue weighted by Gasteiger charge is 2.38. The number of benzene rings is 2. The molecule has 0 radical (unpaired) electrons. The van der Waals surface area contributed by atoms with Gasteiger partial charge < -0.3 is 14.4 Å². The Balaban J connectivity index is 1.45. The topological polar surface area (TPSA) is 76.2 Å². The van der Waals surface area contributed by atoms with Crippen LogP contribution in [0.1, 0.15) is 37.3 Å². The monoisotopic (exact) mass is 492 g/mol. The molecule has 2 aliphatic rings. The third-order valence-electron chi connectivity index (χ3n) is 6.59. The summed E-state index contributed by atoms with van der Waals surface area (Å²) in [4.78, 5) is 15.6. The van der Waals surface area contributed by atoms with E-state index < -0.39 is 10.0 Å². The molecule has 2 aromatic carbocycles. The van der Waals surface area contributed by atoms with Crippen LogP contribution in [0.2, 0.25) is 5.02 Å². The average Bonchev–Trinajstić information content (AvgIpc) is 3.33. The Morgan fingerprint density at radius 2 is 1.67 bits per heavy atom. The predicted molar refractivity (Wildman–Crippen MR) is 126 cm³/mol. The van der Waals surface area contributed by atoms with Gasteiger partial charge in [-0.05, 0) is 62.1 Å². The van der Waals surface area contributed by atoms with Crippen molar-refractivity contribution in [2.75, 3.05) is 33.9 Å². The van der Waals surface area contributed by atoms with Gasteiger partial charge in [-0.3, -0.25) is 4.79 Å². The minimum Gasteiger partial charge on any atom is -0.497 e. The van der Waals surface area contributed by atoms with Crippen LogP contribution in [0.15, 0.2) is 47.4 Å². The lowest BCUT2D eigenvalue weighted by atomic mass is 9.95. The third kappa shape index (κ3) is 4.83. The highest BCUT2D eigenvalue weighted by Crippen LogP contribution is 2.40. The lowest BCUT2D eigenvalue weighted by molar-refractivity contribution is -0.137. The summed E-state index contributed by atoms with van der Waals surface area (Å²) in [5.74, 6) is 1.33. The first-order valence-electron chi connectivity index (χ1n) is 11.1. The van der Waals surface area contributed by atoms with Gasteiger partial charge in [-0.15, -0.1) is 0 Å². The Kier molecular flexibility index (Phi) is 7.16. The fraction of sp³-hybridized carbons (Fsp3) is 0.458. The van der Waals surface area contributed by atoms with Crippen LogP contribution in [0.5, 0.6) is 11.5 Å². The number of carbonyl (C=O) groups excluding carboxylic acids is 1. The average molecular weight is 493 g/mol. The molecule has 2 heterocycles. The van der Waals surface area contributed by atoms with Crippen LogP contribution in [-0.2, 0) is 14.8 Å². The van der Waals surface area contributed by atoms with Crippen LogP contribution >= 0.6 is 11.6 Å². The SMILES string of the molecule is COc1ccc(C2CCCN2C(=O)C2CCN(S(=O)(=O)c3ccc(Cl)cc3)CC2)c(OC)c1. The molecular weight excluding hydrogens is 464 g/mol. The molecule has 178 valence electrons. The van der Waals surface area contributed by atoms with E-state index >= 15 is 0 Å². The number of hydrogen-bond donors (Lipinski definition) is 0. The van der Waals surface area contributed by atoms with Crippen molar-refractivity contribution < 1.29 is 22.7 Å². The van der Waals surface area contributed by atoms with E-state index in [4.69, 9.17) is 21.1 Å². The van der Waals surface area contributed by atoms with E-state index in [0.29, 0.717) is 49.0 Å². The first-order chi connectivity index (χ1) is 15.8. The summed E-state index contributed by atoms with van der Waals surface area (Å²) in [6.45, 7) is 1.35. The first kappa shape index (κ1) is 23.9. The number of piperidine rings is 1. The molecule has 0 bridgehead atoms. The van der Waals surface area contributed by atoms with Crippen LogP contribution in [0, 0.1) is 5.92 Å². The second-order valence-corrected chi connectivity index (χ2v) is 10.8. The Bertz CT molecular complexity index is 1100. The molecule has 0 aliphatic carbocycles. The summed E-state index contributed by atoms with van der Waals surface area (Å²) in [5.41, 5.74) is 0.979. The van der Waals surface area contributed by atoms with Gasteiger partial charge >= 0.3 is 0 Å². The highest BCUT2D eigenvalue weighted by molar-refractivity contribution is 7.89. The van der Waals surface area contributed by atoms with Crippen molar-refractivity contribution >= 4 is 27.5 Å². The maximum atomic E-state index is 13.4. The van der Waals surface area contributed by atoms with Gasteiger partial charge in [-0.2, -0.15) is 4.31 Å². The number of likely N-dealkylation sites (tertiary alicyclic amines) is 1. The molecule has 0 N–H and O–H groups in total. The second-order valence-electron chi connectivity index (χ2n) is 8.43. The fourth-order valence-electron chi connectivity index (χ4n) is 4.78. The smallest absolute Gasteiger partial charge is 0.243 e. The Morgan fingerprint density at radius 1 is 0.970 bits per heavy atom. The molecule has 9 heteroatoms. The van der Waals surface area contributed by atoms with Crippen molar-refractivity contribution in [3.8, 4) is 11.5 Å². The van der Waals surface area contributed by atoms with Crippen LogP contribution in [0.3, 0.4) is 0 Å². The van der Waals surface area contributed by atoms with Crippen molar-refractivity contribution in [3.63, 3.8) is 0 Å². The second kappa shape index (κ2) is 9.91. The molecule has 0 spiro atoms. The normalized spacial score (nSPS) is 20.1. The summed E-state index contributed by atoms with van der Waals surface area (Å²) in [7, 11) is -0.363. The zero-order valence-electron chi connectivity index (χ0n) is 18.9. The number of sulfonamides is 1. The van der Waals surface area contributed by atoms with Crippen molar-refractivity contribution in [2.45, 2.75) is 36.6 Å². The van der Waals surface area contributed by atoms with Gasteiger partial charge in [-0.25, -0.2) is 8.42 Å². The van der Waals surface area contributed by atoms with E-state index in [-0.39, 0.29) is 22.8 Å². The molecule has 0 aromatic heterocycles. The standard InChI is InChI=1S/C24H29ClN2O5S/c1-31-19-7-10-21(23(16-19)32-2)22-4-3-13-27(22)24(28)17-11-14-26(15-12-17)33(29,30)20-8-5-18(25)6-9-20/h5-10,16-17,22H,3-4,11-15H2,1-2H3. The van der Waals surface area contributed by atoms with E-state index in [0.717, 1.165) is 18.4 Å². The minimum absolute atomic E-state index is 0.0471. The zero-order valence-corrected chi connectivity index (χ0v) is 20.4. The van der Waals surface area contributed by atoms with Gasteiger partial charge in [0.25, 0.3) is 0 Å². The molecule has 2 aromatic rings. The molecular formula is C24H29ClN2O5S. The van der Waals surface area contributed by atoms with Gasteiger partial charge in [0.05, 0.1) is 25.2 Å². The van der Waals surface area contributed by atoms with Crippen molar-refractivity contribution in [2.24, 2.45) is 5.92 Å². The highest BCUT2D eigenvalue weighted by atomic mass is 35.5. The summed E-state index contributed by atoms with van der Waals surface area (Å²) < 4.78 is 38.2. The van der Waals surface area contributed by atoms with Gasteiger partial charge in [-0.1, -0.05) is 11.6 Å². The number of rotatable bonds is 6. The minimum atomic E-state index is -3.59. The van der Waals surface area contributed by atoms with Crippen molar-refractivity contribution in [1.29, 1.82) is 0 Å². The fourth-order valence-corrected chi connectivity index (χ4v) is 6.38. The molecule has 2 saturated heterocycles. The lowest BCUT2D eigenvalue weighted by Crippen LogP contribution is -2.44. The molecule has 1 atom stereocenters. The summed E-state index contributed by atoms with van der Waals surface area (Å²) in [5, 5.41) is 0.493. The van der Waals surface area contributed by atoms with Gasteiger partial charge in [0.2, 0.25) is 15.9 Å². The van der Waals surface area contributed by atoms with Crippen LogP contribution in [-0.4, -0.2) is 57.4 Å². The molecule has 7 nitrogen and oxygen atoms in total. The number of carbonyl (C=O) groups is 1. The van der Waals surface area contributed by atoms with Crippen LogP contribution in [0.4, 0.5) is 0 Å². The molecule has 1 amide bonds. The Hall–Kier alpha value is -2.29. The van der Waals surface area contributed by atoms with Crippen LogP contribution in [0.25, 0.3) is 0 Å². The number of hydrogen-bond acceptors (Lipinski definition) is 5. The molecule has 1 unspecified atom stereocenters. The van der Waals surface area contributed by atoms with E-state index in [1.807, 2.05) is 23.1 Å². The van der Waals surface area contributed by atoms with Gasteiger partial charge in [0, 0.05) is 42.2 Å². The quantitative estimate of drug-likeness (QED) is 0.606. The Morgan fingerprint density at radius 3 is 2.30 bits per heavy atom. The summed E-state index contributed by atoms with van der Waals surface area (Å²) in [6.07, 6.45) is 2.82. The summed E-state index contributed by atoms with van der Waals surface area (Å²) >= 11 is 5.89. The lowest BCUT2D eigenvalue weighted by Gasteiger charge is -2.34. The number of nitrogens with zero attached hydrogens (tertiary/aromatic N) is 2. The van der Waals surface area contributed by atoms with Crippen molar-refractivity contribution in [1.82, 2.24) is 9.21 Å². The first-order valence-corrected chi connectivity index (χ1v) is 12.9. The molecule has 0 saturated carbocycles. The largest absolute Gasteiger partial charge is 0.497 e. The zero-order chi connectivity index (χ0) is 23.6. The number of amides is 1. The summed E-state index contributed by atoms with van der Waals surface area (Å²) in [6, 6.07) is 11.8. The number of ether oxygens (including phenoxy) is 2. The molecule has 33 heavy (non-hydrogen) atoms. The van der Waals surface area contributed by atoms with Gasteiger partial charge in [0.15, 0.2) is 0 Å².